The fraction of sp³-hybridized carbons (Fsp3) is 0.520. The monoisotopic (exact) mass is 378 g/mol. The van der Waals surface area contributed by atoms with Crippen molar-refractivity contribution in [3.63, 3.8) is 0 Å². The summed E-state index contributed by atoms with van der Waals surface area (Å²) in [6.45, 7) is 7.87. The van der Waals surface area contributed by atoms with E-state index in [1.807, 2.05) is 0 Å². The van der Waals surface area contributed by atoms with Gasteiger partial charge in [-0.2, -0.15) is 0 Å². The van der Waals surface area contributed by atoms with Crippen LogP contribution in [0.5, 0.6) is 5.75 Å². The van der Waals surface area contributed by atoms with Crippen LogP contribution in [0, 0.1) is 0 Å². The lowest BCUT2D eigenvalue weighted by molar-refractivity contribution is 0.205. The first-order valence-electron chi connectivity index (χ1n) is 11.1. The van der Waals surface area contributed by atoms with E-state index in [2.05, 4.69) is 58.3 Å². The Morgan fingerprint density at radius 3 is 2.36 bits per heavy atom. The van der Waals surface area contributed by atoms with Crippen molar-refractivity contribution in [2.75, 3.05) is 39.3 Å². The Bertz CT molecular complexity index is 725. The molecular weight excluding hydrogens is 344 g/mol. The molecule has 2 heterocycles. The van der Waals surface area contributed by atoms with Gasteiger partial charge >= 0.3 is 0 Å². The van der Waals surface area contributed by atoms with E-state index in [1.165, 1.54) is 55.6 Å². The maximum absolute atomic E-state index is 6.09. The van der Waals surface area contributed by atoms with Crippen LogP contribution in [0.3, 0.4) is 0 Å². The number of nitrogens with zero attached hydrogens (tertiary/aromatic N) is 2. The Kier molecular flexibility index (Phi) is 7.01. The summed E-state index contributed by atoms with van der Waals surface area (Å²) >= 11 is 0. The zero-order valence-electron chi connectivity index (χ0n) is 17.1. The maximum Gasteiger partial charge on any atom is 0.119 e. The summed E-state index contributed by atoms with van der Waals surface area (Å²) in [7, 11) is 0. The predicted octanol–water partition coefficient (Wildman–Crippen LogP) is 4.54. The first kappa shape index (κ1) is 19.5. The molecule has 0 amide bonds. The third kappa shape index (κ3) is 5.59. The van der Waals surface area contributed by atoms with Crippen LogP contribution in [0.4, 0.5) is 0 Å². The average Bonchev–Trinajstić information content (AvgIpc) is 2.95. The van der Waals surface area contributed by atoms with Crippen molar-refractivity contribution in [1.29, 1.82) is 0 Å². The van der Waals surface area contributed by atoms with Gasteiger partial charge in [-0.25, -0.2) is 0 Å². The molecule has 0 bridgehead atoms. The predicted molar refractivity (Wildman–Crippen MR) is 116 cm³/mol. The molecule has 0 radical (unpaired) electrons. The normalized spacial score (nSPS) is 18.4. The smallest absolute Gasteiger partial charge is 0.119 e. The van der Waals surface area contributed by atoms with Gasteiger partial charge in [-0.05, 0) is 74.0 Å². The molecule has 28 heavy (non-hydrogen) atoms. The Balaban J connectivity index is 1.25. The Morgan fingerprint density at radius 1 is 0.750 bits per heavy atom. The zero-order chi connectivity index (χ0) is 19.0. The number of fused-ring (bicyclic) bond motifs is 1. The highest BCUT2D eigenvalue weighted by molar-refractivity contribution is 5.37. The van der Waals surface area contributed by atoms with E-state index in [-0.39, 0.29) is 0 Å². The van der Waals surface area contributed by atoms with E-state index < -0.39 is 0 Å². The van der Waals surface area contributed by atoms with Crippen molar-refractivity contribution >= 4 is 0 Å². The van der Waals surface area contributed by atoms with Gasteiger partial charge in [0.1, 0.15) is 5.75 Å². The second kappa shape index (κ2) is 10.1. The van der Waals surface area contributed by atoms with Gasteiger partial charge in [0, 0.05) is 26.2 Å². The quantitative estimate of drug-likeness (QED) is 0.658. The second-order valence-electron chi connectivity index (χ2n) is 8.30. The number of benzene rings is 2. The van der Waals surface area contributed by atoms with E-state index in [4.69, 9.17) is 4.74 Å². The van der Waals surface area contributed by atoms with Crippen LogP contribution < -0.4 is 4.74 Å². The van der Waals surface area contributed by atoms with Gasteiger partial charge in [0.2, 0.25) is 0 Å². The Morgan fingerprint density at radius 2 is 1.54 bits per heavy atom. The molecule has 2 aromatic carbocycles. The summed E-state index contributed by atoms with van der Waals surface area (Å²) in [6.07, 6.45) is 7.53. The minimum Gasteiger partial charge on any atom is -0.494 e. The van der Waals surface area contributed by atoms with Gasteiger partial charge < -0.3 is 9.64 Å². The molecular formula is C25H34N2O. The third-order valence-electron chi connectivity index (χ3n) is 6.16. The highest BCUT2D eigenvalue weighted by Gasteiger charge is 2.15. The average molecular weight is 379 g/mol. The minimum atomic E-state index is 0.829. The summed E-state index contributed by atoms with van der Waals surface area (Å²) in [5.74, 6) is 1.05. The molecule has 2 aliphatic rings. The van der Waals surface area contributed by atoms with E-state index in [1.54, 1.807) is 0 Å². The van der Waals surface area contributed by atoms with Crippen molar-refractivity contribution in [3.8, 4) is 5.75 Å². The zero-order valence-corrected chi connectivity index (χ0v) is 17.1. The standard InChI is InChI=1S/C25H34N2O/c1-3-8-22(9-4-1)21-27-17-12-23-10-11-25(20-24(23)13-18-27)28-19-7-16-26-14-5-2-6-15-26/h1,3-4,8-11,20H,2,5-7,12-19,21H2. The van der Waals surface area contributed by atoms with Crippen LogP contribution in [0.25, 0.3) is 0 Å². The molecule has 0 N–H and O–H groups in total. The van der Waals surface area contributed by atoms with E-state index in [0.29, 0.717) is 0 Å². The van der Waals surface area contributed by atoms with Crippen LogP contribution >= 0.6 is 0 Å². The third-order valence-corrected chi connectivity index (χ3v) is 6.16. The summed E-state index contributed by atoms with van der Waals surface area (Å²) in [6, 6.07) is 17.6. The van der Waals surface area contributed by atoms with E-state index in [9.17, 15) is 0 Å². The highest BCUT2D eigenvalue weighted by atomic mass is 16.5. The molecule has 0 spiro atoms. The maximum atomic E-state index is 6.09. The van der Waals surface area contributed by atoms with Gasteiger partial charge in [0.05, 0.1) is 6.61 Å². The Labute approximate surface area is 170 Å². The van der Waals surface area contributed by atoms with Gasteiger partial charge in [-0.3, -0.25) is 4.90 Å². The molecule has 0 saturated carbocycles. The number of rotatable bonds is 7. The molecule has 4 rings (SSSR count). The highest BCUT2D eigenvalue weighted by Crippen LogP contribution is 2.23. The number of ether oxygens (including phenoxy) is 1. The van der Waals surface area contributed by atoms with Crippen molar-refractivity contribution in [1.82, 2.24) is 9.80 Å². The lowest BCUT2D eigenvalue weighted by Crippen LogP contribution is -2.31. The van der Waals surface area contributed by atoms with E-state index >= 15 is 0 Å². The fourth-order valence-electron chi connectivity index (χ4n) is 4.50. The summed E-state index contributed by atoms with van der Waals surface area (Å²) < 4.78 is 6.09. The van der Waals surface area contributed by atoms with E-state index in [0.717, 1.165) is 51.3 Å². The largest absolute Gasteiger partial charge is 0.494 e. The molecule has 150 valence electrons. The molecule has 3 nitrogen and oxygen atoms in total. The van der Waals surface area contributed by atoms with Gasteiger partial charge in [0.15, 0.2) is 0 Å². The molecule has 2 aliphatic heterocycles. The summed E-state index contributed by atoms with van der Waals surface area (Å²) in [4.78, 5) is 5.17. The van der Waals surface area contributed by atoms with Gasteiger partial charge in [0.25, 0.3) is 0 Å². The second-order valence-corrected chi connectivity index (χ2v) is 8.30. The molecule has 0 unspecified atom stereocenters. The van der Waals surface area contributed by atoms with Crippen molar-refractivity contribution < 1.29 is 4.74 Å². The number of piperidine rings is 1. The fourth-order valence-corrected chi connectivity index (χ4v) is 4.50. The van der Waals surface area contributed by atoms with Gasteiger partial charge in [-0.15, -0.1) is 0 Å². The van der Waals surface area contributed by atoms with Crippen LogP contribution in [0.15, 0.2) is 48.5 Å². The van der Waals surface area contributed by atoms with Crippen molar-refractivity contribution in [3.05, 3.63) is 65.2 Å². The number of hydrogen-bond acceptors (Lipinski definition) is 3. The lowest BCUT2D eigenvalue weighted by atomic mass is 10.0. The first-order valence-corrected chi connectivity index (χ1v) is 11.1. The van der Waals surface area contributed by atoms with Crippen molar-refractivity contribution in [2.24, 2.45) is 0 Å². The molecule has 0 atom stereocenters. The molecule has 0 aromatic heterocycles. The molecule has 2 aromatic rings. The van der Waals surface area contributed by atoms with Crippen LogP contribution in [-0.2, 0) is 19.4 Å². The minimum absolute atomic E-state index is 0.829. The topological polar surface area (TPSA) is 15.7 Å². The number of likely N-dealkylation sites (tertiary alicyclic amines) is 1. The van der Waals surface area contributed by atoms with Crippen LogP contribution in [-0.4, -0.2) is 49.1 Å². The molecule has 0 aliphatic carbocycles. The van der Waals surface area contributed by atoms with Crippen LogP contribution in [0.1, 0.15) is 42.4 Å². The van der Waals surface area contributed by atoms with Crippen molar-refractivity contribution in [2.45, 2.75) is 45.1 Å². The Hall–Kier alpha value is -1.84. The molecule has 1 fully saturated rings. The van der Waals surface area contributed by atoms with Crippen LogP contribution in [0.2, 0.25) is 0 Å². The summed E-state index contributed by atoms with van der Waals surface area (Å²) in [5, 5.41) is 0. The number of hydrogen-bond donors (Lipinski definition) is 0. The first-order chi connectivity index (χ1) is 13.9. The summed E-state index contributed by atoms with van der Waals surface area (Å²) in [5.41, 5.74) is 4.38. The lowest BCUT2D eigenvalue weighted by Gasteiger charge is -2.26. The molecule has 1 saturated heterocycles. The molecule has 3 heteroatoms. The SMILES string of the molecule is c1ccc(CN2CCc3ccc(OCCCN4CCCCC4)cc3CC2)cc1. The van der Waals surface area contributed by atoms with Gasteiger partial charge in [-0.1, -0.05) is 42.8 Å².